The van der Waals surface area contributed by atoms with E-state index >= 15 is 0 Å². The third-order valence-electron chi connectivity index (χ3n) is 5.94. The van der Waals surface area contributed by atoms with Crippen molar-refractivity contribution in [3.63, 3.8) is 0 Å². The predicted octanol–water partition coefficient (Wildman–Crippen LogP) is 5.04. The van der Waals surface area contributed by atoms with E-state index in [1.165, 1.54) is 27.8 Å². The molecule has 2 heteroatoms. The molecule has 0 bridgehead atoms. The van der Waals surface area contributed by atoms with Crippen molar-refractivity contribution in [2.45, 2.75) is 46.1 Å². The van der Waals surface area contributed by atoms with Crippen molar-refractivity contribution in [3.8, 4) is 0 Å². The van der Waals surface area contributed by atoms with Crippen molar-refractivity contribution < 1.29 is 0 Å². The summed E-state index contributed by atoms with van der Waals surface area (Å²) in [5.74, 6) is 0.137. The molecule has 0 spiro atoms. The van der Waals surface area contributed by atoms with Crippen molar-refractivity contribution in [2.24, 2.45) is 11.7 Å². The van der Waals surface area contributed by atoms with Gasteiger partial charge in [-0.25, -0.2) is 0 Å². The van der Waals surface area contributed by atoms with E-state index in [1.54, 1.807) is 0 Å². The first-order valence-corrected chi connectivity index (χ1v) is 9.30. The second-order valence-corrected chi connectivity index (χ2v) is 7.96. The Kier molecular flexibility index (Phi) is 4.81. The number of benzene rings is 2. The zero-order valence-electron chi connectivity index (χ0n) is 16.5. The van der Waals surface area contributed by atoms with E-state index in [2.05, 4.69) is 89.2 Å². The van der Waals surface area contributed by atoms with E-state index in [-0.39, 0.29) is 17.4 Å². The predicted molar refractivity (Wildman–Crippen MR) is 112 cm³/mol. The monoisotopic (exact) mass is 346 g/mol. The Morgan fingerprint density at radius 3 is 2.27 bits per heavy atom. The van der Waals surface area contributed by atoms with Crippen LogP contribution in [0, 0.1) is 19.8 Å². The molecule has 3 rings (SSSR count). The van der Waals surface area contributed by atoms with E-state index in [0.717, 1.165) is 11.3 Å². The van der Waals surface area contributed by atoms with Crippen LogP contribution in [0.3, 0.4) is 0 Å². The van der Waals surface area contributed by atoms with E-state index < -0.39 is 0 Å². The first-order valence-electron chi connectivity index (χ1n) is 9.30. The maximum atomic E-state index is 6.72. The molecule has 0 aromatic heterocycles. The minimum atomic E-state index is -0.307. The molecule has 0 radical (unpaired) electrons. The maximum Gasteiger partial charge on any atom is 0.0385 e. The van der Waals surface area contributed by atoms with Crippen LogP contribution in [0.1, 0.15) is 43.0 Å². The Balaban J connectivity index is 2.31. The van der Waals surface area contributed by atoms with Gasteiger partial charge in [-0.15, -0.1) is 0 Å². The summed E-state index contributed by atoms with van der Waals surface area (Å²) >= 11 is 0. The smallest absolute Gasteiger partial charge is 0.0385 e. The lowest BCUT2D eigenvalue weighted by Gasteiger charge is -2.43. The molecule has 2 aromatic carbocycles. The summed E-state index contributed by atoms with van der Waals surface area (Å²) in [6, 6.07) is 15.0. The van der Waals surface area contributed by atoms with E-state index in [0.29, 0.717) is 0 Å². The number of hydrogen-bond donors (Lipinski definition) is 2. The van der Waals surface area contributed by atoms with Gasteiger partial charge in [0.2, 0.25) is 0 Å². The fourth-order valence-corrected chi connectivity index (χ4v) is 4.42. The highest BCUT2D eigenvalue weighted by Gasteiger charge is 2.42. The van der Waals surface area contributed by atoms with Gasteiger partial charge in [-0.05, 0) is 44.4 Å². The van der Waals surface area contributed by atoms with E-state index in [1.807, 2.05) is 0 Å². The molecule has 0 amide bonds. The summed E-state index contributed by atoms with van der Waals surface area (Å²) in [7, 11) is 0. The van der Waals surface area contributed by atoms with Gasteiger partial charge >= 0.3 is 0 Å². The number of nitrogens with two attached hydrogens (primary N) is 2. The van der Waals surface area contributed by atoms with Crippen LogP contribution in [0.2, 0.25) is 0 Å². The Hall–Kier alpha value is -2.32. The largest absolute Gasteiger partial charge is 0.398 e. The quantitative estimate of drug-likeness (QED) is 0.765. The highest BCUT2D eigenvalue weighted by Crippen LogP contribution is 2.46. The molecule has 4 N–H and O–H groups in total. The molecular weight excluding hydrogens is 316 g/mol. The van der Waals surface area contributed by atoms with E-state index in [9.17, 15) is 0 Å². The minimum Gasteiger partial charge on any atom is -0.398 e. The van der Waals surface area contributed by atoms with Gasteiger partial charge in [-0.1, -0.05) is 78.3 Å². The van der Waals surface area contributed by atoms with Crippen LogP contribution in [-0.2, 0) is 5.41 Å². The molecule has 3 atom stereocenters. The zero-order chi connectivity index (χ0) is 19.1. The first kappa shape index (κ1) is 18.5. The van der Waals surface area contributed by atoms with Crippen LogP contribution in [0.4, 0.5) is 5.69 Å². The molecule has 2 nitrogen and oxygen atoms in total. The van der Waals surface area contributed by atoms with Crippen LogP contribution in [0.15, 0.2) is 65.8 Å². The number of anilines is 1. The van der Waals surface area contributed by atoms with Crippen LogP contribution in [0.5, 0.6) is 0 Å². The summed E-state index contributed by atoms with van der Waals surface area (Å²) in [6.07, 6.45) is 4.51. The number of rotatable bonds is 3. The minimum absolute atomic E-state index is 0.0378. The van der Waals surface area contributed by atoms with Crippen molar-refractivity contribution >= 4 is 5.69 Å². The molecule has 136 valence electrons. The van der Waals surface area contributed by atoms with Gasteiger partial charge in [0.25, 0.3) is 0 Å². The normalized spacial score (nSPS) is 22.4. The van der Waals surface area contributed by atoms with Crippen molar-refractivity contribution in [1.82, 2.24) is 0 Å². The van der Waals surface area contributed by atoms with Crippen LogP contribution in [0.25, 0.3) is 0 Å². The standard InChI is InChI=1S/C24H30N2/c1-15-11-17(3)22(25)20(13-15)24(5,19-9-7-6-8-10-19)21-14-16(2)12-18(4)23(21)26/h6-14,20,22H,25-26H2,1-5H3. The lowest BCUT2D eigenvalue weighted by molar-refractivity contribution is 0.370. The van der Waals surface area contributed by atoms with Gasteiger partial charge in [-0.3, -0.25) is 0 Å². The molecule has 0 saturated heterocycles. The molecule has 1 aliphatic rings. The Bertz CT molecular complexity index is 877. The second kappa shape index (κ2) is 6.77. The molecule has 3 unspecified atom stereocenters. The second-order valence-electron chi connectivity index (χ2n) is 7.96. The molecule has 0 aliphatic heterocycles. The highest BCUT2D eigenvalue weighted by molar-refractivity contribution is 5.62. The molecule has 0 saturated carbocycles. The van der Waals surface area contributed by atoms with Crippen molar-refractivity contribution in [2.75, 3.05) is 5.73 Å². The summed E-state index contributed by atoms with van der Waals surface area (Å²) in [4.78, 5) is 0. The molecule has 0 fully saturated rings. The summed E-state index contributed by atoms with van der Waals surface area (Å²) in [5, 5.41) is 0. The Labute approximate surface area is 157 Å². The number of hydrogen-bond acceptors (Lipinski definition) is 2. The van der Waals surface area contributed by atoms with Gasteiger partial charge < -0.3 is 11.5 Å². The summed E-state index contributed by atoms with van der Waals surface area (Å²) in [5.41, 5.74) is 21.2. The number of nitrogen functional groups attached to an aromatic ring is 1. The summed E-state index contributed by atoms with van der Waals surface area (Å²) in [6.45, 7) is 10.8. The van der Waals surface area contributed by atoms with Gasteiger partial charge in [0, 0.05) is 23.1 Å². The molecule has 1 aliphatic carbocycles. The fourth-order valence-electron chi connectivity index (χ4n) is 4.42. The lowest BCUT2D eigenvalue weighted by Crippen LogP contribution is -2.46. The molecule has 2 aromatic rings. The first-order chi connectivity index (χ1) is 12.2. The third-order valence-corrected chi connectivity index (χ3v) is 5.94. The highest BCUT2D eigenvalue weighted by atomic mass is 14.7. The van der Waals surface area contributed by atoms with Crippen LogP contribution >= 0.6 is 0 Å². The average Bonchev–Trinajstić information content (AvgIpc) is 2.61. The summed E-state index contributed by atoms with van der Waals surface area (Å²) < 4.78 is 0. The maximum absolute atomic E-state index is 6.72. The number of allylic oxidation sites excluding steroid dienone is 2. The topological polar surface area (TPSA) is 52.0 Å². The zero-order valence-corrected chi connectivity index (χ0v) is 16.5. The van der Waals surface area contributed by atoms with Gasteiger partial charge in [0.1, 0.15) is 0 Å². The molecular formula is C24H30N2. The molecule has 0 heterocycles. The SMILES string of the molecule is CC1=CC(C(C)(c2ccccc2)c2cc(C)cc(C)c2N)C(N)C(C)=C1. The van der Waals surface area contributed by atoms with Gasteiger partial charge in [-0.2, -0.15) is 0 Å². The van der Waals surface area contributed by atoms with Crippen molar-refractivity contribution in [1.29, 1.82) is 0 Å². The third kappa shape index (κ3) is 2.99. The lowest BCUT2D eigenvalue weighted by atomic mass is 9.61. The fraction of sp³-hybridized carbons (Fsp3) is 0.333. The Morgan fingerprint density at radius 1 is 0.962 bits per heavy atom. The van der Waals surface area contributed by atoms with Gasteiger partial charge in [0.15, 0.2) is 0 Å². The Morgan fingerprint density at radius 2 is 1.62 bits per heavy atom. The van der Waals surface area contributed by atoms with Crippen molar-refractivity contribution in [3.05, 3.63) is 88.0 Å². The number of aryl methyl sites for hydroxylation is 2. The molecule has 26 heavy (non-hydrogen) atoms. The average molecular weight is 347 g/mol. The van der Waals surface area contributed by atoms with Crippen LogP contribution in [-0.4, -0.2) is 6.04 Å². The van der Waals surface area contributed by atoms with E-state index in [4.69, 9.17) is 11.5 Å². The van der Waals surface area contributed by atoms with Crippen LogP contribution < -0.4 is 11.5 Å². The van der Waals surface area contributed by atoms with Gasteiger partial charge in [0.05, 0.1) is 0 Å².